The van der Waals surface area contributed by atoms with Gasteiger partial charge in [0.1, 0.15) is 5.75 Å². The fraction of sp³-hybridized carbons (Fsp3) is 0.370. The van der Waals surface area contributed by atoms with Crippen molar-refractivity contribution in [2.24, 2.45) is 5.92 Å². The summed E-state index contributed by atoms with van der Waals surface area (Å²) in [5.74, 6) is 1.60. The molecule has 0 spiro atoms. The van der Waals surface area contributed by atoms with Crippen LogP contribution in [-0.4, -0.2) is 17.7 Å². The van der Waals surface area contributed by atoms with Crippen LogP contribution in [0.15, 0.2) is 60.7 Å². The number of aryl methyl sites for hydroxylation is 1. The first-order valence-corrected chi connectivity index (χ1v) is 10.9. The van der Waals surface area contributed by atoms with Crippen LogP contribution in [0.25, 0.3) is 10.8 Å². The Morgan fingerprint density at radius 3 is 2.70 bits per heavy atom. The van der Waals surface area contributed by atoms with Gasteiger partial charge in [-0.1, -0.05) is 61.5 Å². The molecule has 1 aliphatic carbocycles. The van der Waals surface area contributed by atoms with Crippen molar-refractivity contribution < 1.29 is 14.6 Å². The van der Waals surface area contributed by atoms with Gasteiger partial charge in [0.25, 0.3) is 0 Å². The second-order valence-corrected chi connectivity index (χ2v) is 8.79. The number of carbonyl (C=O) groups is 1. The number of carboxylic acid groups (broad SMARTS) is 1. The lowest BCUT2D eigenvalue weighted by Crippen LogP contribution is -2.10. The van der Waals surface area contributed by atoms with E-state index in [4.69, 9.17) is 9.84 Å². The van der Waals surface area contributed by atoms with Crippen molar-refractivity contribution in [3.05, 3.63) is 77.4 Å². The molecule has 0 bridgehead atoms. The first kappa shape index (κ1) is 20.5. The fourth-order valence-corrected chi connectivity index (χ4v) is 5.13. The SMILES string of the molecule is Cc1cc([C@@H]2CC[C@H](C[C@H](C)c3cccc4ccccc34)C2)ccc1OCC(=O)O. The molecular weight excluding hydrogens is 372 g/mol. The molecule has 0 aliphatic heterocycles. The minimum absolute atomic E-state index is 0.294. The van der Waals surface area contributed by atoms with E-state index in [-0.39, 0.29) is 6.61 Å². The minimum Gasteiger partial charge on any atom is -0.482 e. The molecule has 0 aromatic heterocycles. The maximum atomic E-state index is 10.7. The molecule has 0 heterocycles. The van der Waals surface area contributed by atoms with Gasteiger partial charge in [-0.15, -0.1) is 0 Å². The van der Waals surface area contributed by atoms with Crippen molar-refractivity contribution >= 4 is 16.7 Å². The molecule has 30 heavy (non-hydrogen) atoms. The van der Waals surface area contributed by atoms with Crippen molar-refractivity contribution in [3.63, 3.8) is 0 Å². The van der Waals surface area contributed by atoms with E-state index in [0.717, 1.165) is 11.5 Å². The van der Waals surface area contributed by atoms with Gasteiger partial charge in [0, 0.05) is 0 Å². The molecule has 0 radical (unpaired) electrons. The zero-order chi connectivity index (χ0) is 21.1. The Morgan fingerprint density at radius 1 is 1.10 bits per heavy atom. The Morgan fingerprint density at radius 2 is 1.90 bits per heavy atom. The molecule has 0 amide bonds. The number of ether oxygens (including phenoxy) is 1. The second kappa shape index (κ2) is 8.91. The van der Waals surface area contributed by atoms with Crippen LogP contribution >= 0.6 is 0 Å². The zero-order valence-corrected chi connectivity index (χ0v) is 17.8. The van der Waals surface area contributed by atoms with E-state index in [2.05, 4.69) is 61.5 Å². The van der Waals surface area contributed by atoms with Gasteiger partial charge in [0.05, 0.1) is 0 Å². The summed E-state index contributed by atoms with van der Waals surface area (Å²) >= 11 is 0. The summed E-state index contributed by atoms with van der Waals surface area (Å²) in [4.78, 5) is 10.7. The number of rotatable bonds is 7. The molecule has 3 aromatic carbocycles. The lowest BCUT2D eigenvalue weighted by Gasteiger charge is -2.19. The van der Waals surface area contributed by atoms with E-state index in [1.807, 2.05) is 13.0 Å². The van der Waals surface area contributed by atoms with E-state index in [0.29, 0.717) is 17.6 Å². The van der Waals surface area contributed by atoms with E-state index in [1.54, 1.807) is 0 Å². The van der Waals surface area contributed by atoms with Crippen LogP contribution in [0.2, 0.25) is 0 Å². The standard InChI is InChI=1S/C27H30O3/c1-18(24-9-5-7-21-6-3-4-8-25(21)24)14-20-10-11-23(16-20)22-12-13-26(19(2)15-22)30-17-27(28)29/h3-9,12-13,15,18,20,23H,10-11,14,16-17H2,1-2H3,(H,28,29)/t18-,20+,23+/m0/s1. The summed E-state index contributed by atoms with van der Waals surface area (Å²) in [6.07, 6.45) is 4.95. The molecule has 0 unspecified atom stereocenters. The molecule has 1 N–H and O–H groups in total. The molecule has 3 aromatic rings. The van der Waals surface area contributed by atoms with Crippen molar-refractivity contribution in [3.8, 4) is 5.75 Å². The van der Waals surface area contributed by atoms with Gasteiger partial charge in [-0.3, -0.25) is 0 Å². The number of fused-ring (bicyclic) bond motifs is 1. The normalized spacial score (nSPS) is 19.7. The Bertz CT molecular complexity index is 1030. The monoisotopic (exact) mass is 402 g/mol. The smallest absolute Gasteiger partial charge is 0.341 e. The average Bonchev–Trinajstić information content (AvgIpc) is 3.20. The summed E-state index contributed by atoms with van der Waals surface area (Å²) in [5.41, 5.74) is 3.84. The highest BCUT2D eigenvalue weighted by Gasteiger charge is 2.28. The van der Waals surface area contributed by atoms with Crippen LogP contribution in [0.1, 0.15) is 61.1 Å². The Balaban J connectivity index is 1.41. The Labute approximate surface area is 178 Å². The van der Waals surface area contributed by atoms with Crippen molar-refractivity contribution in [2.75, 3.05) is 6.61 Å². The molecule has 0 saturated heterocycles. The van der Waals surface area contributed by atoms with E-state index in [9.17, 15) is 4.79 Å². The number of hydrogen-bond acceptors (Lipinski definition) is 2. The quantitative estimate of drug-likeness (QED) is 0.479. The maximum Gasteiger partial charge on any atom is 0.341 e. The van der Waals surface area contributed by atoms with Gasteiger partial charge in [-0.25, -0.2) is 4.79 Å². The number of aliphatic carboxylic acids is 1. The Kier molecular flexibility index (Phi) is 6.08. The highest BCUT2D eigenvalue weighted by Crippen LogP contribution is 2.43. The summed E-state index contributed by atoms with van der Waals surface area (Å²) in [6.45, 7) is 4.07. The maximum absolute atomic E-state index is 10.7. The number of hydrogen-bond donors (Lipinski definition) is 1. The van der Waals surface area contributed by atoms with Crippen molar-refractivity contribution in [2.45, 2.75) is 51.4 Å². The first-order valence-electron chi connectivity index (χ1n) is 10.9. The Hall–Kier alpha value is -2.81. The largest absolute Gasteiger partial charge is 0.482 e. The third-order valence-corrected chi connectivity index (χ3v) is 6.60. The van der Waals surface area contributed by atoms with Crippen molar-refractivity contribution in [1.29, 1.82) is 0 Å². The van der Waals surface area contributed by atoms with Crippen LogP contribution in [0.5, 0.6) is 5.75 Å². The van der Waals surface area contributed by atoms with Crippen LogP contribution in [0.3, 0.4) is 0 Å². The molecule has 156 valence electrons. The molecule has 3 heteroatoms. The summed E-state index contributed by atoms with van der Waals surface area (Å²) in [7, 11) is 0. The fourth-order valence-electron chi connectivity index (χ4n) is 5.13. The van der Waals surface area contributed by atoms with Gasteiger partial charge in [0.15, 0.2) is 6.61 Å². The number of carboxylic acids is 1. The second-order valence-electron chi connectivity index (χ2n) is 8.79. The van der Waals surface area contributed by atoms with E-state index >= 15 is 0 Å². The van der Waals surface area contributed by atoms with Gasteiger partial charge >= 0.3 is 5.97 Å². The summed E-state index contributed by atoms with van der Waals surface area (Å²) < 4.78 is 5.37. The summed E-state index contributed by atoms with van der Waals surface area (Å²) in [6, 6.07) is 21.6. The van der Waals surface area contributed by atoms with Gasteiger partial charge in [-0.05, 0) is 83.9 Å². The third kappa shape index (κ3) is 4.51. The molecule has 4 rings (SSSR count). The van der Waals surface area contributed by atoms with E-state index in [1.165, 1.54) is 47.6 Å². The molecule has 3 atom stereocenters. The zero-order valence-electron chi connectivity index (χ0n) is 17.8. The van der Waals surface area contributed by atoms with E-state index < -0.39 is 5.97 Å². The molecule has 1 saturated carbocycles. The van der Waals surface area contributed by atoms with Crippen LogP contribution in [0, 0.1) is 12.8 Å². The lowest BCUT2D eigenvalue weighted by atomic mass is 9.86. The highest BCUT2D eigenvalue weighted by molar-refractivity contribution is 5.86. The molecule has 3 nitrogen and oxygen atoms in total. The first-order chi connectivity index (χ1) is 14.5. The molecular formula is C27H30O3. The summed E-state index contributed by atoms with van der Waals surface area (Å²) in [5, 5.41) is 11.5. The lowest BCUT2D eigenvalue weighted by molar-refractivity contribution is -0.139. The topological polar surface area (TPSA) is 46.5 Å². The molecule has 1 fully saturated rings. The molecule has 1 aliphatic rings. The van der Waals surface area contributed by atoms with Gasteiger partial charge in [0.2, 0.25) is 0 Å². The van der Waals surface area contributed by atoms with Crippen LogP contribution in [-0.2, 0) is 4.79 Å². The third-order valence-electron chi connectivity index (χ3n) is 6.60. The van der Waals surface area contributed by atoms with Gasteiger partial charge in [-0.2, -0.15) is 0 Å². The minimum atomic E-state index is -0.947. The average molecular weight is 403 g/mol. The number of benzene rings is 3. The highest BCUT2D eigenvalue weighted by atomic mass is 16.5. The van der Waals surface area contributed by atoms with Crippen molar-refractivity contribution in [1.82, 2.24) is 0 Å². The van der Waals surface area contributed by atoms with Crippen LogP contribution in [0.4, 0.5) is 0 Å². The van der Waals surface area contributed by atoms with Gasteiger partial charge < -0.3 is 9.84 Å². The predicted octanol–water partition coefficient (Wildman–Crippen LogP) is 6.69. The van der Waals surface area contributed by atoms with Crippen LogP contribution < -0.4 is 4.74 Å². The predicted molar refractivity (Wildman–Crippen MR) is 121 cm³/mol.